The van der Waals surface area contributed by atoms with Crippen LogP contribution >= 0.6 is 0 Å². The fraction of sp³-hybridized carbons (Fsp3) is 0.650. The van der Waals surface area contributed by atoms with Crippen LogP contribution in [-0.4, -0.2) is 48.2 Å². The molecule has 1 aromatic carbocycles. The fourth-order valence-corrected chi connectivity index (χ4v) is 4.15. The number of benzene rings is 1. The van der Waals surface area contributed by atoms with Crippen LogP contribution in [-0.2, 0) is 10.2 Å². The van der Waals surface area contributed by atoms with Crippen molar-refractivity contribution in [3.8, 4) is 0 Å². The lowest BCUT2D eigenvalue weighted by molar-refractivity contribution is -0.129. The van der Waals surface area contributed by atoms with Gasteiger partial charge in [-0.1, -0.05) is 18.6 Å². The molecule has 138 valence electrons. The monoisotopic (exact) mass is 348 g/mol. The van der Waals surface area contributed by atoms with Gasteiger partial charge in [-0.25, -0.2) is 4.39 Å². The smallest absolute Gasteiger partial charge is 0.230 e. The van der Waals surface area contributed by atoms with E-state index in [1.54, 1.807) is 12.1 Å². The lowest BCUT2D eigenvalue weighted by Gasteiger charge is -2.40. The Kier molecular flexibility index (Phi) is 6.07. The summed E-state index contributed by atoms with van der Waals surface area (Å²) in [6, 6.07) is 6.70. The van der Waals surface area contributed by atoms with Crippen LogP contribution in [0.15, 0.2) is 24.3 Å². The third-order valence-electron chi connectivity index (χ3n) is 5.91. The summed E-state index contributed by atoms with van der Waals surface area (Å²) >= 11 is 0. The number of likely N-dealkylation sites (tertiary alicyclic amines) is 1. The van der Waals surface area contributed by atoms with Gasteiger partial charge in [0.1, 0.15) is 5.82 Å². The third-order valence-corrected chi connectivity index (χ3v) is 5.91. The van der Waals surface area contributed by atoms with Crippen molar-refractivity contribution in [1.29, 1.82) is 0 Å². The molecule has 0 spiro atoms. The zero-order valence-corrected chi connectivity index (χ0v) is 14.8. The van der Waals surface area contributed by atoms with E-state index < -0.39 is 5.41 Å². The van der Waals surface area contributed by atoms with Gasteiger partial charge in [0.2, 0.25) is 5.91 Å². The molecule has 2 aliphatic rings. The van der Waals surface area contributed by atoms with E-state index in [-0.39, 0.29) is 18.3 Å². The van der Waals surface area contributed by atoms with Crippen molar-refractivity contribution in [1.82, 2.24) is 10.2 Å². The quantitative estimate of drug-likeness (QED) is 0.710. The van der Waals surface area contributed by atoms with E-state index in [9.17, 15) is 14.3 Å². The Bertz CT molecular complexity index is 572. The Hall–Kier alpha value is -1.46. The maximum absolute atomic E-state index is 13.1. The molecule has 1 atom stereocenters. The van der Waals surface area contributed by atoms with Crippen LogP contribution in [0.2, 0.25) is 0 Å². The zero-order valence-electron chi connectivity index (χ0n) is 14.8. The Morgan fingerprint density at radius 3 is 2.64 bits per heavy atom. The van der Waals surface area contributed by atoms with Crippen molar-refractivity contribution in [3.05, 3.63) is 35.6 Å². The highest BCUT2D eigenvalue weighted by molar-refractivity contribution is 5.89. The molecule has 1 saturated heterocycles. The average Bonchev–Trinajstić information content (AvgIpc) is 3.03. The van der Waals surface area contributed by atoms with Crippen LogP contribution < -0.4 is 5.32 Å². The molecule has 3 rings (SSSR count). The van der Waals surface area contributed by atoms with E-state index in [1.165, 1.54) is 18.6 Å². The number of unbranched alkanes of at least 4 members (excludes halogenated alkanes) is 1. The average molecular weight is 348 g/mol. The third kappa shape index (κ3) is 4.04. The molecule has 1 aromatic rings. The summed E-state index contributed by atoms with van der Waals surface area (Å²) in [6.07, 6.45) is 6.96. The van der Waals surface area contributed by atoms with E-state index in [0.29, 0.717) is 12.6 Å². The molecule has 1 saturated carbocycles. The number of rotatable bonds is 8. The molecular weight excluding hydrogens is 319 g/mol. The van der Waals surface area contributed by atoms with Crippen LogP contribution in [0, 0.1) is 5.82 Å². The summed E-state index contributed by atoms with van der Waals surface area (Å²) in [6.45, 7) is 2.99. The van der Waals surface area contributed by atoms with E-state index in [0.717, 1.165) is 57.2 Å². The lowest BCUT2D eigenvalue weighted by Crippen LogP contribution is -2.49. The second-order valence-corrected chi connectivity index (χ2v) is 7.42. The minimum absolute atomic E-state index is 0.0831. The summed E-state index contributed by atoms with van der Waals surface area (Å²) in [4.78, 5) is 15.1. The van der Waals surface area contributed by atoms with Gasteiger partial charge in [0, 0.05) is 12.6 Å². The molecular formula is C20H29FN2O2. The molecule has 25 heavy (non-hydrogen) atoms. The molecule has 1 aliphatic carbocycles. The second-order valence-electron chi connectivity index (χ2n) is 7.42. The zero-order chi connectivity index (χ0) is 17.7. The number of halogens is 1. The molecule has 0 aromatic heterocycles. The predicted molar refractivity (Wildman–Crippen MR) is 95.9 cm³/mol. The van der Waals surface area contributed by atoms with E-state index in [1.807, 2.05) is 0 Å². The van der Waals surface area contributed by atoms with Crippen LogP contribution in [0.5, 0.6) is 0 Å². The molecule has 4 nitrogen and oxygen atoms in total. The van der Waals surface area contributed by atoms with Crippen molar-refractivity contribution in [2.45, 2.75) is 56.4 Å². The second kappa shape index (κ2) is 8.28. The molecule has 1 amide bonds. The first kappa shape index (κ1) is 18.3. The number of carbonyl (C=O) groups is 1. The lowest BCUT2D eigenvalue weighted by atomic mass is 9.64. The number of amides is 1. The summed E-state index contributed by atoms with van der Waals surface area (Å²) in [5.74, 6) is -0.179. The first-order chi connectivity index (χ1) is 12.2. The Morgan fingerprint density at radius 2 is 2.00 bits per heavy atom. The number of aliphatic hydroxyl groups is 1. The van der Waals surface area contributed by atoms with E-state index in [2.05, 4.69) is 10.2 Å². The van der Waals surface area contributed by atoms with Crippen molar-refractivity contribution < 1.29 is 14.3 Å². The highest BCUT2D eigenvalue weighted by Crippen LogP contribution is 2.44. The van der Waals surface area contributed by atoms with Gasteiger partial charge in [0.25, 0.3) is 0 Å². The largest absolute Gasteiger partial charge is 0.395 e. The first-order valence-electron chi connectivity index (χ1n) is 9.55. The summed E-state index contributed by atoms with van der Waals surface area (Å²) in [7, 11) is 0. The summed E-state index contributed by atoms with van der Waals surface area (Å²) in [5.41, 5.74) is 0.477. The van der Waals surface area contributed by atoms with E-state index >= 15 is 0 Å². The predicted octanol–water partition coefficient (Wildman–Crippen LogP) is 2.60. The fourth-order valence-electron chi connectivity index (χ4n) is 4.15. The van der Waals surface area contributed by atoms with Crippen LogP contribution in [0.25, 0.3) is 0 Å². The van der Waals surface area contributed by atoms with Crippen molar-refractivity contribution >= 4 is 5.91 Å². The standard InChI is InChI=1S/C20H29FN2O2/c21-17-8-6-16(7-9-17)20(10-4-11-20)19(25)22-12-1-2-13-23-14-3-5-18(23)15-24/h6-9,18,24H,1-5,10-15H2,(H,22,25). The van der Waals surface area contributed by atoms with E-state index in [4.69, 9.17) is 0 Å². The highest BCUT2D eigenvalue weighted by Gasteiger charge is 2.45. The maximum Gasteiger partial charge on any atom is 0.230 e. The summed E-state index contributed by atoms with van der Waals surface area (Å²) in [5, 5.41) is 12.4. The molecule has 0 bridgehead atoms. The number of aliphatic hydroxyl groups excluding tert-OH is 1. The maximum atomic E-state index is 13.1. The van der Waals surface area contributed by atoms with Gasteiger partial charge >= 0.3 is 0 Å². The van der Waals surface area contributed by atoms with Crippen LogP contribution in [0.4, 0.5) is 4.39 Å². The number of nitrogens with zero attached hydrogens (tertiary/aromatic N) is 1. The normalized spacial score (nSPS) is 22.6. The number of hydrogen-bond acceptors (Lipinski definition) is 3. The Morgan fingerprint density at radius 1 is 1.24 bits per heavy atom. The van der Waals surface area contributed by atoms with Crippen LogP contribution in [0.3, 0.4) is 0 Å². The van der Waals surface area contributed by atoms with Crippen molar-refractivity contribution in [2.75, 3.05) is 26.2 Å². The Balaban J connectivity index is 1.43. The highest BCUT2D eigenvalue weighted by atomic mass is 19.1. The first-order valence-corrected chi connectivity index (χ1v) is 9.55. The van der Waals surface area contributed by atoms with Gasteiger partial charge in [-0.3, -0.25) is 9.69 Å². The van der Waals surface area contributed by atoms with Gasteiger partial charge in [-0.2, -0.15) is 0 Å². The molecule has 2 fully saturated rings. The SMILES string of the molecule is O=C(NCCCCN1CCCC1CO)C1(c2ccc(F)cc2)CCC1. The van der Waals surface area contributed by atoms with Gasteiger partial charge in [0.15, 0.2) is 0 Å². The minimum Gasteiger partial charge on any atom is -0.395 e. The molecule has 1 heterocycles. The van der Waals surface area contributed by atoms with Gasteiger partial charge < -0.3 is 10.4 Å². The number of carbonyl (C=O) groups excluding carboxylic acids is 1. The minimum atomic E-state index is -0.454. The molecule has 2 N–H and O–H groups in total. The number of nitrogens with one attached hydrogen (secondary N) is 1. The molecule has 1 unspecified atom stereocenters. The summed E-state index contributed by atoms with van der Waals surface area (Å²) < 4.78 is 13.1. The topological polar surface area (TPSA) is 52.6 Å². The number of hydrogen-bond donors (Lipinski definition) is 2. The molecule has 1 aliphatic heterocycles. The molecule has 5 heteroatoms. The molecule has 0 radical (unpaired) electrons. The van der Waals surface area contributed by atoms with Gasteiger partial charge in [-0.05, 0) is 69.3 Å². The van der Waals surface area contributed by atoms with Crippen LogP contribution in [0.1, 0.15) is 50.5 Å². The van der Waals surface area contributed by atoms with Gasteiger partial charge in [0.05, 0.1) is 12.0 Å². The Labute approximate surface area is 149 Å². The van der Waals surface area contributed by atoms with Gasteiger partial charge in [-0.15, -0.1) is 0 Å². The van der Waals surface area contributed by atoms with Crippen molar-refractivity contribution in [2.24, 2.45) is 0 Å². The van der Waals surface area contributed by atoms with Crippen molar-refractivity contribution in [3.63, 3.8) is 0 Å².